The topological polar surface area (TPSA) is 105 Å². The molecule has 194 valence electrons. The Balaban J connectivity index is 1.54. The highest BCUT2D eigenvalue weighted by atomic mass is 19.1. The molecule has 1 amide bonds. The minimum Gasteiger partial charge on any atom is -0.393 e. The number of rotatable bonds is 19. The summed E-state index contributed by atoms with van der Waals surface area (Å²) in [6, 6.07) is 5.75. The molecular weight excluding hydrogens is 443 g/mol. The maximum Gasteiger partial charge on any atom is 0.272 e. The maximum absolute atomic E-state index is 13.7. The van der Waals surface area contributed by atoms with Gasteiger partial charge in [0, 0.05) is 6.54 Å². The van der Waals surface area contributed by atoms with Gasteiger partial charge < -0.3 is 11.1 Å². The van der Waals surface area contributed by atoms with Gasteiger partial charge in [-0.3, -0.25) is 15.6 Å². The number of benzene rings is 1. The van der Waals surface area contributed by atoms with E-state index in [4.69, 9.17) is 5.73 Å². The van der Waals surface area contributed by atoms with E-state index in [2.05, 4.69) is 33.1 Å². The zero-order chi connectivity index (χ0) is 25.1. The standard InChI is InChI=1S/C27H43FN6O/c1-2-3-4-5-6-7-8-9-10-11-12-13-14-17-20-30-25-24(29)26(32-21-31-25)33-34-27(35)22-18-15-16-19-23(22)28/h15-16,18-19,21H,2-14,17,20,29H2,1H3,(H,34,35)(H2,30,31,32,33). The first-order valence-electron chi connectivity index (χ1n) is 13.3. The predicted molar refractivity (Wildman–Crippen MR) is 143 cm³/mol. The molecule has 0 radical (unpaired) electrons. The molecule has 1 aromatic heterocycles. The molecule has 0 unspecified atom stereocenters. The summed E-state index contributed by atoms with van der Waals surface area (Å²) in [6.45, 7) is 3.03. The molecule has 7 nitrogen and oxygen atoms in total. The van der Waals surface area contributed by atoms with E-state index in [1.807, 2.05) is 0 Å². The van der Waals surface area contributed by atoms with Crippen LogP contribution >= 0.6 is 0 Å². The van der Waals surface area contributed by atoms with Gasteiger partial charge in [0.2, 0.25) is 0 Å². The highest BCUT2D eigenvalue weighted by Gasteiger charge is 2.12. The van der Waals surface area contributed by atoms with E-state index >= 15 is 0 Å². The lowest BCUT2D eigenvalue weighted by molar-refractivity contribution is 0.0958. The van der Waals surface area contributed by atoms with Gasteiger partial charge in [0.1, 0.15) is 17.8 Å². The molecule has 1 aromatic carbocycles. The molecule has 0 aliphatic rings. The van der Waals surface area contributed by atoms with Crippen LogP contribution in [0.5, 0.6) is 0 Å². The second-order valence-electron chi connectivity index (χ2n) is 9.07. The van der Waals surface area contributed by atoms with Crippen molar-refractivity contribution in [3.63, 3.8) is 0 Å². The Labute approximate surface area is 209 Å². The van der Waals surface area contributed by atoms with E-state index in [0.717, 1.165) is 13.0 Å². The molecule has 0 saturated carbocycles. The third kappa shape index (κ3) is 11.4. The first-order chi connectivity index (χ1) is 17.1. The number of nitrogens with zero attached hydrogens (tertiary/aromatic N) is 2. The van der Waals surface area contributed by atoms with E-state index in [9.17, 15) is 9.18 Å². The van der Waals surface area contributed by atoms with Crippen LogP contribution in [0.25, 0.3) is 0 Å². The Morgan fingerprint density at radius 3 is 1.97 bits per heavy atom. The van der Waals surface area contributed by atoms with E-state index in [1.54, 1.807) is 6.07 Å². The number of hydrazine groups is 1. The molecule has 0 aliphatic carbocycles. The number of aromatic nitrogens is 2. The molecule has 2 aromatic rings. The van der Waals surface area contributed by atoms with E-state index in [-0.39, 0.29) is 11.4 Å². The third-order valence-electron chi connectivity index (χ3n) is 6.12. The van der Waals surface area contributed by atoms with Crippen LogP contribution in [-0.4, -0.2) is 22.4 Å². The van der Waals surface area contributed by atoms with Gasteiger partial charge in [-0.1, -0.05) is 103 Å². The monoisotopic (exact) mass is 486 g/mol. The summed E-state index contributed by atoms with van der Waals surface area (Å²) in [5.74, 6) is -0.443. The number of nitrogens with two attached hydrogens (primary N) is 1. The summed E-state index contributed by atoms with van der Waals surface area (Å²) >= 11 is 0. The number of halogens is 1. The van der Waals surface area contributed by atoms with Crippen molar-refractivity contribution in [1.29, 1.82) is 0 Å². The van der Waals surface area contributed by atoms with Crippen LogP contribution < -0.4 is 21.9 Å². The molecular formula is C27H43FN6O. The summed E-state index contributed by atoms with van der Waals surface area (Å²) in [4.78, 5) is 20.4. The molecule has 0 spiro atoms. The molecule has 0 saturated heterocycles. The van der Waals surface area contributed by atoms with Crippen molar-refractivity contribution < 1.29 is 9.18 Å². The fourth-order valence-electron chi connectivity index (χ4n) is 3.99. The van der Waals surface area contributed by atoms with Crippen molar-refractivity contribution in [2.75, 3.05) is 23.0 Å². The molecule has 1 heterocycles. The Bertz CT molecular complexity index is 863. The van der Waals surface area contributed by atoms with Crippen LogP contribution in [-0.2, 0) is 0 Å². The molecule has 5 N–H and O–H groups in total. The summed E-state index contributed by atoms with van der Waals surface area (Å²) in [5, 5.41) is 3.24. The van der Waals surface area contributed by atoms with Crippen LogP contribution in [0, 0.1) is 5.82 Å². The number of hydrogen-bond acceptors (Lipinski definition) is 6. The molecule has 0 bridgehead atoms. The molecule has 0 fully saturated rings. The number of anilines is 3. The SMILES string of the molecule is CCCCCCCCCCCCCCCCNc1ncnc(NNC(=O)c2ccccc2F)c1N. The van der Waals surface area contributed by atoms with Crippen molar-refractivity contribution in [3.05, 3.63) is 42.0 Å². The maximum atomic E-state index is 13.7. The normalized spacial score (nSPS) is 10.8. The predicted octanol–water partition coefficient (Wildman–Crippen LogP) is 6.85. The van der Waals surface area contributed by atoms with Gasteiger partial charge in [-0.2, -0.15) is 0 Å². The fourth-order valence-corrected chi connectivity index (χ4v) is 3.99. The van der Waals surface area contributed by atoms with Gasteiger partial charge in [-0.25, -0.2) is 14.4 Å². The first kappa shape index (κ1) is 28.3. The van der Waals surface area contributed by atoms with E-state index < -0.39 is 11.7 Å². The Morgan fingerprint density at radius 1 is 0.829 bits per heavy atom. The van der Waals surface area contributed by atoms with Gasteiger partial charge in [0.05, 0.1) is 5.56 Å². The van der Waals surface area contributed by atoms with Crippen molar-refractivity contribution >= 4 is 23.2 Å². The Morgan fingerprint density at radius 2 is 1.37 bits per heavy atom. The average molecular weight is 487 g/mol. The van der Waals surface area contributed by atoms with E-state index in [0.29, 0.717) is 11.5 Å². The van der Waals surface area contributed by atoms with Crippen LogP contribution in [0.1, 0.15) is 107 Å². The zero-order valence-corrected chi connectivity index (χ0v) is 21.3. The summed E-state index contributed by atoms with van der Waals surface area (Å²) in [6.07, 6.45) is 19.9. The van der Waals surface area contributed by atoms with Crippen molar-refractivity contribution in [2.45, 2.75) is 96.8 Å². The number of unbranched alkanes of at least 4 members (excludes halogenated alkanes) is 13. The lowest BCUT2D eigenvalue weighted by Crippen LogP contribution is -2.31. The number of carbonyl (C=O) groups is 1. The Hall–Kier alpha value is -2.90. The van der Waals surface area contributed by atoms with E-state index in [1.165, 1.54) is 108 Å². The number of carbonyl (C=O) groups excluding carboxylic acids is 1. The molecule has 2 rings (SSSR count). The highest BCUT2D eigenvalue weighted by Crippen LogP contribution is 2.22. The minimum absolute atomic E-state index is 0.0659. The average Bonchev–Trinajstić information content (AvgIpc) is 2.86. The summed E-state index contributed by atoms with van der Waals surface area (Å²) in [7, 11) is 0. The second kappa shape index (κ2) is 17.5. The van der Waals surface area contributed by atoms with Gasteiger partial charge in [0.15, 0.2) is 11.6 Å². The largest absolute Gasteiger partial charge is 0.393 e. The fraction of sp³-hybridized carbons (Fsp3) is 0.593. The number of nitrogens with one attached hydrogen (secondary N) is 3. The number of amides is 1. The molecule has 35 heavy (non-hydrogen) atoms. The smallest absolute Gasteiger partial charge is 0.272 e. The number of hydrogen-bond donors (Lipinski definition) is 4. The second-order valence-corrected chi connectivity index (χ2v) is 9.07. The van der Waals surface area contributed by atoms with Crippen molar-refractivity contribution in [3.8, 4) is 0 Å². The van der Waals surface area contributed by atoms with Gasteiger partial charge in [-0.05, 0) is 18.6 Å². The minimum atomic E-state index is -0.613. The third-order valence-corrected chi connectivity index (χ3v) is 6.12. The van der Waals surface area contributed by atoms with Crippen molar-refractivity contribution in [1.82, 2.24) is 15.4 Å². The van der Waals surface area contributed by atoms with Crippen molar-refractivity contribution in [2.24, 2.45) is 0 Å². The van der Waals surface area contributed by atoms with Gasteiger partial charge in [-0.15, -0.1) is 0 Å². The number of nitrogen functional groups attached to an aromatic ring is 1. The van der Waals surface area contributed by atoms with Crippen LogP contribution in [0.15, 0.2) is 30.6 Å². The summed E-state index contributed by atoms with van der Waals surface area (Å²) < 4.78 is 13.7. The molecule has 0 aliphatic heterocycles. The van der Waals surface area contributed by atoms with Gasteiger partial charge >= 0.3 is 0 Å². The quantitative estimate of drug-likeness (QED) is 0.128. The highest BCUT2D eigenvalue weighted by molar-refractivity contribution is 5.95. The zero-order valence-electron chi connectivity index (χ0n) is 21.3. The van der Waals surface area contributed by atoms with Crippen LogP contribution in [0.4, 0.5) is 21.7 Å². The van der Waals surface area contributed by atoms with Crippen LogP contribution in [0.3, 0.4) is 0 Å². The molecule has 0 atom stereocenters. The lowest BCUT2D eigenvalue weighted by Gasteiger charge is -2.13. The lowest BCUT2D eigenvalue weighted by atomic mass is 10.0. The summed E-state index contributed by atoms with van der Waals surface area (Å²) in [5.41, 5.74) is 11.4. The molecule has 8 heteroatoms. The first-order valence-corrected chi connectivity index (χ1v) is 13.3. The Kier molecular flexibility index (Phi) is 14.2. The van der Waals surface area contributed by atoms with Gasteiger partial charge in [0.25, 0.3) is 5.91 Å². The van der Waals surface area contributed by atoms with Crippen LogP contribution in [0.2, 0.25) is 0 Å².